The summed E-state index contributed by atoms with van der Waals surface area (Å²) >= 11 is 0.998. The van der Waals surface area contributed by atoms with Gasteiger partial charge in [-0.2, -0.15) is 0 Å². The number of benzene rings is 2. The van der Waals surface area contributed by atoms with Crippen LogP contribution in [0.5, 0.6) is 17.2 Å². The second kappa shape index (κ2) is 12.4. The van der Waals surface area contributed by atoms with Gasteiger partial charge in [0.15, 0.2) is 11.2 Å². The van der Waals surface area contributed by atoms with Gasteiger partial charge in [-0.1, -0.05) is 11.3 Å². The van der Waals surface area contributed by atoms with Crippen molar-refractivity contribution in [3.05, 3.63) is 65.0 Å². The highest BCUT2D eigenvalue weighted by atomic mass is 32.1. The highest BCUT2D eigenvalue weighted by Gasteiger charge is 2.35. The topological polar surface area (TPSA) is 146 Å². The largest absolute Gasteiger partial charge is 0.480 e. The number of thiazole rings is 1. The van der Waals surface area contributed by atoms with Crippen molar-refractivity contribution in [1.29, 1.82) is 0 Å². The predicted octanol–water partition coefficient (Wildman–Crippen LogP) is 5.11. The number of likely N-dealkylation sites (tertiary alicyclic amines) is 1. The van der Waals surface area contributed by atoms with Crippen molar-refractivity contribution in [3.8, 4) is 28.7 Å². The van der Waals surface area contributed by atoms with Crippen molar-refractivity contribution in [1.82, 2.24) is 20.1 Å². The molecule has 1 aliphatic heterocycles. The molecule has 0 aliphatic carbocycles. The van der Waals surface area contributed by atoms with Gasteiger partial charge < -0.3 is 23.5 Å². The van der Waals surface area contributed by atoms with E-state index in [1.807, 2.05) is 13.8 Å². The third-order valence-corrected chi connectivity index (χ3v) is 7.19. The summed E-state index contributed by atoms with van der Waals surface area (Å²) in [6.07, 6.45) is 1.19. The number of carbonyl (C=O) groups excluding carboxylic acids is 3. The molecule has 3 heterocycles. The van der Waals surface area contributed by atoms with E-state index >= 15 is 0 Å². The van der Waals surface area contributed by atoms with E-state index in [9.17, 15) is 14.4 Å². The summed E-state index contributed by atoms with van der Waals surface area (Å²) in [5.74, 6) is 0.821. The van der Waals surface area contributed by atoms with Gasteiger partial charge in [-0.25, -0.2) is 9.78 Å². The average Bonchev–Trinajstić information content (AvgIpc) is 3.70. The second-order valence-electron chi connectivity index (χ2n) is 9.67. The molecule has 42 heavy (non-hydrogen) atoms. The van der Waals surface area contributed by atoms with Gasteiger partial charge in [0.25, 0.3) is 11.8 Å². The highest BCUT2D eigenvalue weighted by molar-refractivity contribution is 7.17. The van der Waals surface area contributed by atoms with Gasteiger partial charge in [-0.05, 0) is 57.2 Å². The molecule has 4 aromatic rings. The molecule has 1 aliphatic rings. The van der Waals surface area contributed by atoms with E-state index in [-0.39, 0.29) is 34.1 Å². The van der Waals surface area contributed by atoms with Crippen LogP contribution in [-0.4, -0.2) is 63.2 Å². The van der Waals surface area contributed by atoms with Crippen LogP contribution in [0, 0.1) is 6.92 Å². The number of nitrogens with zero attached hydrogens (tertiary/aromatic N) is 4. The van der Waals surface area contributed by atoms with Crippen molar-refractivity contribution in [3.63, 3.8) is 0 Å². The summed E-state index contributed by atoms with van der Waals surface area (Å²) in [5, 5.41) is 10.8. The van der Waals surface area contributed by atoms with Gasteiger partial charge >= 0.3 is 5.97 Å². The Morgan fingerprint density at radius 2 is 1.88 bits per heavy atom. The molecule has 2 aromatic carbocycles. The first kappa shape index (κ1) is 28.7. The lowest BCUT2D eigenvalue weighted by molar-refractivity contribution is -0.134. The van der Waals surface area contributed by atoms with Crippen LogP contribution in [0.1, 0.15) is 53.1 Å². The Hall–Kier alpha value is -4.78. The third kappa shape index (κ3) is 6.57. The summed E-state index contributed by atoms with van der Waals surface area (Å²) in [7, 11) is 0. The number of carbonyl (C=O) groups is 3. The maximum Gasteiger partial charge on any atom is 0.350 e. The van der Waals surface area contributed by atoms with Crippen molar-refractivity contribution >= 4 is 34.3 Å². The fourth-order valence-electron chi connectivity index (χ4n) is 4.30. The number of hydrogen-bond acceptors (Lipinski definition) is 11. The average molecular weight is 592 g/mol. The zero-order chi connectivity index (χ0) is 29.8. The monoisotopic (exact) mass is 591 g/mol. The Bertz CT molecular complexity index is 1600. The number of esters is 1. The van der Waals surface area contributed by atoms with Gasteiger partial charge in [0.05, 0.1) is 12.8 Å². The smallest absolute Gasteiger partial charge is 0.350 e. The van der Waals surface area contributed by atoms with Crippen molar-refractivity contribution < 1.29 is 33.0 Å². The fourth-order valence-corrected chi connectivity index (χ4v) is 5.01. The molecule has 2 aromatic heterocycles. The van der Waals surface area contributed by atoms with Crippen LogP contribution in [0.2, 0.25) is 0 Å². The van der Waals surface area contributed by atoms with Crippen molar-refractivity contribution in [2.24, 2.45) is 0 Å². The van der Waals surface area contributed by atoms with Crippen LogP contribution in [0.25, 0.3) is 11.5 Å². The molecule has 12 nitrogen and oxygen atoms in total. The summed E-state index contributed by atoms with van der Waals surface area (Å²) in [6, 6.07) is 11.8. The van der Waals surface area contributed by atoms with Crippen LogP contribution >= 0.6 is 11.3 Å². The van der Waals surface area contributed by atoms with E-state index < -0.39 is 18.0 Å². The maximum atomic E-state index is 13.3. The summed E-state index contributed by atoms with van der Waals surface area (Å²) in [5.41, 5.74) is 0.930. The van der Waals surface area contributed by atoms with E-state index in [4.69, 9.17) is 18.6 Å². The molecule has 0 radical (unpaired) electrons. The Balaban J connectivity index is 1.38. The Kier molecular flexibility index (Phi) is 8.48. The van der Waals surface area contributed by atoms with E-state index in [1.54, 1.807) is 55.1 Å². The lowest BCUT2D eigenvalue weighted by atomic mass is 10.1. The van der Waals surface area contributed by atoms with E-state index in [0.29, 0.717) is 42.0 Å². The number of ether oxygens (including phenoxy) is 3. The van der Waals surface area contributed by atoms with Gasteiger partial charge in [-0.15, -0.1) is 10.2 Å². The van der Waals surface area contributed by atoms with Gasteiger partial charge in [-0.3, -0.25) is 14.9 Å². The zero-order valence-corrected chi connectivity index (χ0v) is 24.3. The predicted molar refractivity (Wildman–Crippen MR) is 153 cm³/mol. The summed E-state index contributed by atoms with van der Waals surface area (Å²) < 4.78 is 22.6. The maximum absolute atomic E-state index is 13.3. The number of nitrogens with one attached hydrogen (secondary N) is 1. The van der Waals surface area contributed by atoms with Crippen LogP contribution in [0.3, 0.4) is 0 Å². The SMILES string of the molecule is CCOC(=O)c1cnc(NC(=O)c2cc(Oc3ccc(-c4nnc(C)o4)cc3)cc(OC3CCN(C(C)C)C3=O)c2)s1. The minimum Gasteiger partial charge on any atom is -0.480 e. The molecule has 1 atom stereocenters. The van der Waals surface area contributed by atoms with E-state index in [0.717, 1.165) is 16.9 Å². The molecule has 5 rings (SSSR count). The number of amides is 2. The van der Waals surface area contributed by atoms with Gasteiger partial charge in [0.2, 0.25) is 11.8 Å². The molecule has 0 bridgehead atoms. The number of aromatic nitrogens is 3. The van der Waals surface area contributed by atoms with E-state index in [1.165, 1.54) is 12.3 Å². The Morgan fingerprint density at radius 3 is 2.55 bits per heavy atom. The molecule has 1 saturated heterocycles. The Morgan fingerprint density at radius 1 is 1.12 bits per heavy atom. The molecular formula is C29H29N5O7S. The van der Waals surface area contributed by atoms with Crippen molar-refractivity contribution in [2.45, 2.75) is 46.3 Å². The number of aryl methyl sites for hydroxylation is 1. The molecule has 0 saturated carbocycles. The lowest BCUT2D eigenvalue weighted by Gasteiger charge is -2.21. The van der Waals surface area contributed by atoms with Crippen LogP contribution < -0.4 is 14.8 Å². The fraction of sp³-hybridized carbons (Fsp3) is 0.310. The summed E-state index contributed by atoms with van der Waals surface area (Å²) in [6.45, 7) is 8.14. The van der Waals surface area contributed by atoms with Gasteiger partial charge in [0, 0.05) is 43.1 Å². The summed E-state index contributed by atoms with van der Waals surface area (Å²) in [4.78, 5) is 44.2. The molecule has 2 amide bonds. The number of hydrogen-bond donors (Lipinski definition) is 1. The van der Waals surface area contributed by atoms with Crippen molar-refractivity contribution in [2.75, 3.05) is 18.5 Å². The van der Waals surface area contributed by atoms with Crippen LogP contribution in [0.15, 0.2) is 53.1 Å². The molecule has 0 spiro atoms. The molecule has 218 valence electrons. The molecule has 1 unspecified atom stereocenters. The van der Waals surface area contributed by atoms with E-state index in [2.05, 4.69) is 20.5 Å². The Labute approximate surface area is 245 Å². The first-order chi connectivity index (χ1) is 20.2. The first-order valence-corrected chi connectivity index (χ1v) is 14.2. The lowest BCUT2D eigenvalue weighted by Crippen LogP contribution is -2.36. The minimum absolute atomic E-state index is 0.0546. The molecule has 1 N–H and O–H groups in total. The zero-order valence-electron chi connectivity index (χ0n) is 23.4. The number of anilines is 1. The second-order valence-corrected chi connectivity index (χ2v) is 10.7. The third-order valence-electron chi connectivity index (χ3n) is 6.30. The first-order valence-electron chi connectivity index (χ1n) is 13.3. The van der Waals surface area contributed by atoms with Gasteiger partial charge in [0.1, 0.15) is 22.1 Å². The minimum atomic E-state index is -0.679. The molecule has 1 fully saturated rings. The molecular weight excluding hydrogens is 562 g/mol. The quantitative estimate of drug-likeness (QED) is 0.247. The normalized spacial score (nSPS) is 14.7. The van der Waals surface area contributed by atoms with Crippen LogP contribution in [-0.2, 0) is 9.53 Å². The highest BCUT2D eigenvalue weighted by Crippen LogP contribution is 2.31. The molecule has 13 heteroatoms. The number of rotatable bonds is 10. The van der Waals surface area contributed by atoms with Crippen LogP contribution in [0.4, 0.5) is 5.13 Å². The standard InChI is InChI=1S/C29H29N5O7S/c1-5-38-28(37)24-15-30-29(42-24)31-25(35)19-12-21(14-22(13-19)41-23-10-11-34(16(2)3)27(23)36)40-20-8-6-18(7-9-20)26-33-32-17(4)39-26/h6-9,12-16,23H,5,10-11H2,1-4H3,(H,30,31,35).